The second-order valence-corrected chi connectivity index (χ2v) is 7.92. The van der Waals surface area contributed by atoms with E-state index in [0.29, 0.717) is 6.54 Å². The molecule has 2 heterocycles. The quantitative estimate of drug-likeness (QED) is 0.918. The Morgan fingerprint density at radius 3 is 2.91 bits per heavy atom. The van der Waals surface area contributed by atoms with Gasteiger partial charge in [-0.25, -0.2) is 0 Å². The standard InChI is InChI=1S/C16H19NO3S2/c18-14(19)9-12-10-21-8-6-17(12)16(20)15-13-4-2-1-3-11(13)5-7-22-15/h1-4,12,15H,5-10H2,(H,18,19). The van der Waals surface area contributed by atoms with Gasteiger partial charge < -0.3 is 10.0 Å². The zero-order valence-electron chi connectivity index (χ0n) is 12.2. The number of carbonyl (C=O) groups excluding carboxylic acids is 1. The predicted octanol–water partition coefficient (Wildman–Crippen LogP) is 2.44. The van der Waals surface area contributed by atoms with Gasteiger partial charge in [0, 0.05) is 18.1 Å². The first-order valence-corrected chi connectivity index (χ1v) is 9.66. The van der Waals surface area contributed by atoms with Crippen molar-refractivity contribution in [2.75, 3.05) is 23.8 Å². The third-order valence-electron chi connectivity index (χ3n) is 4.14. The fourth-order valence-corrected chi connectivity index (χ4v) is 5.39. The highest BCUT2D eigenvalue weighted by Crippen LogP contribution is 2.39. The summed E-state index contributed by atoms with van der Waals surface area (Å²) in [7, 11) is 0. The van der Waals surface area contributed by atoms with Crippen molar-refractivity contribution >= 4 is 35.4 Å². The number of aliphatic carboxylic acids is 1. The summed E-state index contributed by atoms with van der Waals surface area (Å²) in [4.78, 5) is 25.9. The molecule has 3 rings (SSSR count). The first-order chi connectivity index (χ1) is 10.7. The summed E-state index contributed by atoms with van der Waals surface area (Å²) in [5.74, 6) is 1.81. The average molecular weight is 337 g/mol. The first-order valence-electron chi connectivity index (χ1n) is 7.46. The Kier molecular flexibility index (Phi) is 4.98. The Morgan fingerprint density at radius 1 is 1.27 bits per heavy atom. The van der Waals surface area contributed by atoms with Gasteiger partial charge in [0.15, 0.2) is 0 Å². The molecule has 2 aliphatic heterocycles. The minimum absolute atomic E-state index is 0.0395. The molecular weight excluding hydrogens is 318 g/mol. The van der Waals surface area contributed by atoms with Crippen LogP contribution in [-0.4, -0.2) is 51.7 Å². The zero-order valence-corrected chi connectivity index (χ0v) is 13.9. The van der Waals surface area contributed by atoms with Crippen molar-refractivity contribution in [1.29, 1.82) is 0 Å². The highest BCUT2D eigenvalue weighted by molar-refractivity contribution is 8.00. The summed E-state index contributed by atoms with van der Waals surface area (Å²) >= 11 is 3.42. The second-order valence-electron chi connectivity index (χ2n) is 5.56. The van der Waals surface area contributed by atoms with E-state index in [1.54, 1.807) is 23.5 Å². The molecular formula is C16H19NO3S2. The van der Waals surface area contributed by atoms with Gasteiger partial charge in [-0.3, -0.25) is 9.59 Å². The Bertz CT molecular complexity index is 578. The Labute approximate surface area is 138 Å². The number of fused-ring (bicyclic) bond motifs is 1. The van der Waals surface area contributed by atoms with Crippen LogP contribution in [0.2, 0.25) is 0 Å². The number of carbonyl (C=O) groups is 2. The molecule has 2 unspecified atom stereocenters. The largest absolute Gasteiger partial charge is 0.481 e. The van der Waals surface area contributed by atoms with Crippen LogP contribution in [0.15, 0.2) is 24.3 Å². The highest BCUT2D eigenvalue weighted by Gasteiger charge is 2.35. The third-order valence-corrected chi connectivity index (χ3v) is 6.46. The van der Waals surface area contributed by atoms with E-state index in [4.69, 9.17) is 5.11 Å². The SMILES string of the molecule is O=C(O)CC1CSCCN1C(=O)C1SCCc2ccccc21. The molecule has 1 fully saturated rings. The van der Waals surface area contributed by atoms with Crippen LogP contribution < -0.4 is 0 Å². The minimum Gasteiger partial charge on any atom is -0.481 e. The molecule has 2 atom stereocenters. The second kappa shape index (κ2) is 6.96. The third kappa shape index (κ3) is 3.27. The van der Waals surface area contributed by atoms with Crippen LogP contribution in [0.5, 0.6) is 0 Å². The van der Waals surface area contributed by atoms with Crippen molar-refractivity contribution < 1.29 is 14.7 Å². The molecule has 1 aromatic rings. The summed E-state index contributed by atoms with van der Waals surface area (Å²) < 4.78 is 0. The molecule has 118 valence electrons. The van der Waals surface area contributed by atoms with Gasteiger partial charge in [0.05, 0.1) is 12.5 Å². The van der Waals surface area contributed by atoms with Crippen molar-refractivity contribution in [3.63, 3.8) is 0 Å². The molecule has 22 heavy (non-hydrogen) atoms. The van der Waals surface area contributed by atoms with Gasteiger partial charge in [-0.05, 0) is 23.3 Å². The number of carboxylic acids is 1. The number of rotatable bonds is 3. The maximum absolute atomic E-state index is 13.0. The van der Waals surface area contributed by atoms with Gasteiger partial charge in [-0.1, -0.05) is 24.3 Å². The number of aryl methyl sites for hydroxylation is 1. The molecule has 2 aliphatic rings. The number of hydrogen-bond acceptors (Lipinski definition) is 4. The van der Waals surface area contributed by atoms with Gasteiger partial charge in [0.25, 0.3) is 0 Å². The molecule has 1 amide bonds. The van der Waals surface area contributed by atoms with Gasteiger partial charge in [0.2, 0.25) is 5.91 Å². The number of hydrogen-bond donors (Lipinski definition) is 1. The van der Waals surface area contributed by atoms with Crippen LogP contribution in [-0.2, 0) is 16.0 Å². The molecule has 1 saturated heterocycles. The summed E-state index contributed by atoms with van der Waals surface area (Å²) in [6.07, 6.45) is 1.04. The molecule has 0 bridgehead atoms. The molecule has 0 radical (unpaired) electrons. The molecule has 1 N–H and O–H groups in total. The molecule has 0 aromatic heterocycles. The lowest BCUT2D eigenvalue weighted by Crippen LogP contribution is -2.48. The number of thioether (sulfide) groups is 2. The smallest absolute Gasteiger partial charge is 0.305 e. The lowest BCUT2D eigenvalue weighted by Gasteiger charge is -2.38. The van der Waals surface area contributed by atoms with Crippen molar-refractivity contribution in [1.82, 2.24) is 4.90 Å². The van der Waals surface area contributed by atoms with E-state index in [0.717, 1.165) is 29.2 Å². The van der Waals surface area contributed by atoms with Crippen molar-refractivity contribution in [3.05, 3.63) is 35.4 Å². The van der Waals surface area contributed by atoms with Gasteiger partial charge in [0.1, 0.15) is 5.25 Å². The van der Waals surface area contributed by atoms with E-state index >= 15 is 0 Å². The summed E-state index contributed by atoms with van der Waals surface area (Å²) in [5.41, 5.74) is 2.36. The van der Waals surface area contributed by atoms with E-state index < -0.39 is 5.97 Å². The number of carboxylic acid groups (broad SMARTS) is 1. The van der Waals surface area contributed by atoms with Crippen LogP contribution in [0, 0.1) is 0 Å². The number of amides is 1. The Morgan fingerprint density at radius 2 is 2.09 bits per heavy atom. The normalized spacial score (nSPS) is 24.6. The Hall–Kier alpha value is -1.14. The molecule has 6 heteroatoms. The molecule has 0 spiro atoms. The van der Waals surface area contributed by atoms with Gasteiger partial charge >= 0.3 is 5.97 Å². The lowest BCUT2D eigenvalue weighted by atomic mass is 10.00. The van der Waals surface area contributed by atoms with E-state index in [9.17, 15) is 9.59 Å². The number of benzene rings is 1. The topological polar surface area (TPSA) is 57.6 Å². The average Bonchev–Trinajstić information content (AvgIpc) is 2.54. The monoisotopic (exact) mass is 337 g/mol. The molecule has 4 nitrogen and oxygen atoms in total. The van der Waals surface area contributed by atoms with Crippen LogP contribution in [0.4, 0.5) is 0 Å². The zero-order chi connectivity index (χ0) is 15.5. The predicted molar refractivity (Wildman–Crippen MR) is 90.4 cm³/mol. The fourth-order valence-electron chi connectivity index (χ4n) is 3.06. The summed E-state index contributed by atoms with van der Waals surface area (Å²) in [6, 6.07) is 7.94. The minimum atomic E-state index is -0.831. The summed E-state index contributed by atoms with van der Waals surface area (Å²) in [5, 5.41) is 8.90. The molecule has 0 aliphatic carbocycles. The fraction of sp³-hybridized carbons (Fsp3) is 0.500. The maximum atomic E-state index is 13.0. The van der Waals surface area contributed by atoms with E-state index in [2.05, 4.69) is 6.07 Å². The summed E-state index contributed by atoms with van der Waals surface area (Å²) in [6.45, 7) is 0.653. The van der Waals surface area contributed by atoms with Crippen LogP contribution in [0.25, 0.3) is 0 Å². The van der Waals surface area contributed by atoms with Crippen LogP contribution in [0.3, 0.4) is 0 Å². The van der Waals surface area contributed by atoms with E-state index in [-0.39, 0.29) is 23.6 Å². The van der Waals surface area contributed by atoms with Crippen molar-refractivity contribution in [2.24, 2.45) is 0 Å². The van der Waals surface area contributed by atoms with Gasteiger partial charge in [-0.2, -0.15) is 11.8 Å². The number of nitrogens with zero attached hydrogens (tertiary/aromatic N) is 1. The van der Waals surface area contributed by atoms with Crippen molar-refractivity contribution in [2.45, 2.75) is 24.1 Å². The highest BCUT2D eigenvalue weighted by atomic mass is 32.2. The van der Waals surface area contributed by atoms with E-state index in [1.807, 2.05) is 23.1 Å². The van der Waals surface area contributed by atoms with Gasteiger partial charge in [-0.15, -0.1) is 11.8 Å². The lowest BCUT2D eigenvalue weighted by molar-refractivity contribution is -0.140. The molecule has 1 aromatic carbocycles. The first kappa shape index (κ1) is 15.7. The van der Waals surface area contributed by atoms with Crippen molar-refractivity contribution in [3.8, 4) is 0 Å². The van der Waals surface area contributed by atoms with E-state index in [1.165, 1.54) is 5.56 Å². The van der Waals surface area contributed by atoms with Crippen LogP contribution in [0.1, 0.15) is 22.8 Å². The van der Waals surface area contributed by atoms with Crippen LogP contribution >= 0.6 is 23.5 Å². The Balaban J connectivity index is 1.82. The molecule has 0 saturated carbocycles. The maximum Gasteiger partial charge on any atom is 0.305 e.